The fraction of sp³-hybridized carbons (Fsp3) is 0.375. The molecule has 0 bridgehead atoms. The lowest BCUT2D eigenvalue weighted by Crippen LogP contribution is -2.70. The molecule has 33 heavy (non-hydrogen) atoms. The summed E-state index contributed by atoms with van der Waals surface area (Å²) in [7, 11) is 4.41. The van der Waals surface area contributed by atoms with Crippen LogP contribution in [0.5, 0.6) is 11.5 Å². The molecule has 9 heteroatoms. The Balaban J connectivity index is 1.67. The number of alkyl carbamates (subject to hydrolysis) is 1. The highest BCUT2D eigenvalue weighted by molar-refractivity contribution is 5.92. The summed E-state index contributed by atoms with van der Waals surface area (Å²) in [6.45, 7) is 0.349. The first-order chi connectivity index (χ1) is 16.0. The van der Waals surface area contributed by atoms with E-state index in [2.05, 4.69) is 5.32 Å². The lowest BCUT2D eigenvalue weighted by atomic mass is 9.90. The van der Waals surface area contributed by atoms with E-state index < -0.39 is 18.2 Å². The van der Waals surface area contributed by atoms with Gasteiger partial charge in [-0.1, -0.05) is 30.3 Å². The number of nitrogens with one attached hydrogen (secondary N) is 1. The molecule has 1 aliphatic rings. The number of benzene rings is 2. The van der Waals surface area contributed by atoms with E-state index in [1.807, 2.05) is 36.4 Å². The number of rotatable bonds is 10. The number of carbonyl (C=O) groups is 3. The second-order valence-electron chi connectivity index (χ2n) is 7.51. The van der Waals surface area contributed by atoms with Crippen LogP contribution in [0.1, 0.15) is 24.0 Å². The van der Waals surface area contributed by atoms with E-state index in [-0.39, 0.29) is 31.4 Å². The second kappa shape index (κ2) is 11.2. The number of amides is 2. The van der Waals surface area contributed by atoms with Crippen LogP contribution in [0.15, 0.2) is 48.5 Å². The Labute approximate surface area is 192 Å². The lowest BCUT2D eigenvalue weighted by Gasteiger charge is -2.47. The van der Waals surface area contributed by atoms with Gasteiger partial charge < -0.3 is 29.2 Å². The maximum atomic E-state index is 12.9. The van der Waals surface area contributed by atoms with Crippen molar-refractivity contribution in [1.29, 1.82) is 0 Å². The average molecular weight is 456 g/mol. The van der Waals surface area contributed by atoms with Crippen molar-refractivity contribution in [2.45, 2.75) is 38.1 Å². The first-order valence-corrected chi connectivity index (χ1v) is 10.5. The zero-order valence-corrected chi connectivity index (χ0v) is 18.9. The number of nitrogens with zero attached hydrogens (tertiary/aromatic N) is 1. The van der Waals surface area contributed by atoms with Gasteiger partial charge in [0.15, 0.2) is 0 Å². The topological polar surface area (TPSA) is 103 Å². The zero-order chi connectivity index (χ0) is 23.8. The maximum absolute atomic E-state index is 12.9. The standard InChI is InChI=1S/C24H28N2O7/c1-30-18-10-9-17(20(13-18)31-2)14-26-19(11-12-21(27)32-3)22(23(26)28)25-24(29)33-15-16-7-5-4-6-8-16/h4-10,13,19,22H,11-12,14-15H2,1-3H3,(H,25,29)/t19-,22+/m0/s1. The summed E-state index contributed by atoms with van der Waals surface area (Å²) >= 11 is 0. The van der Waals surface area contributed by atoms with Gasteiger partial charge in [0.25, 0.3) is 0 Å². The van der Waals surface area contributed by atoms with E-state index in [1.54, 1.807) is 24.1 Å². The predicted octanol–water partition coefficient (Wildman–Crippen LogP) is 2.66. The van der Waals surface area contributed by atoms with Gasteiger partial charge in [-0.05, 0) is 24.1 Å². The molecule has 9 nitrogen and oxygen atoms in total. The number of hydrogen-bond donors (Lipinski definition) is 1. The molecule has 1 aliphatic heterocycles. The summed E-state index contributed by atoms with van der Waals surface area (Å²) in [4.78, 5) is 38.5. The van der Waals surface area contributed by atoms with E-state index in [9.17, 15) is 14.4 Å². The minimum atomic E-state index is -0.790. The quantitative estimate of drug-likeness (QED) is 0.433. The molecule has 3 rings (SSSR count). The van der Waals surface area contributed by atoms with Gasteiger partial charge in [-0.2, -0.15) is 0 Å². The highest BCUT2D eigenvalue weighted by Gasteiger charge is 2.48. The van der Waals surface area contributed by atoms with Gasteiger partial charge in [0.1, 0.15) is 24.1 Å². The van der Waals surface area contributed by atoms with Crippen molar-refractivity contribution >= 4 is 18.0 Å². The Morgan fingerprint density at radius 3 is 2.45 bits per heavy atom. The molecule has 0 unspecified atom stereocenters. The molecule has 1 fully saturated rings. The lowest BCUT2D eigenvalue weighted by molar-refractivity contribution is -0.154. The summed E-state index contributed by atoms with van der Waals surface area (Å²) in [6, 6.07) is 13.4. The fourth-order valence-corrected chi connectivity index (χ4v) is 3.71. The van der Waals surface area contributed by atoms with Crippen molar-refractivity contribution in [2.24, 2.45) is 0 Å². The highest BCUT2D eigenvalue weighted by atomic mass is 16.5. The Bertz CT molecular complexity index is 980. The first kappa shape index (κ1) is 23.9. The van der Waals surface area contributed by atoms with Gasteiger partial charge >= 0.3 is 12.1 Å². The van der Waals surface area contributed by atoms with Gasteiger partial charge in [0.05, 0.1) is 27.4 Å². The predicted molar refractivity (Wildman–Crippen MR) is 119 cm³/mol. The molecule has 0 aliphatic carbocycles. The third kappa shape index (κ3) is 5.94. The van der Waals surface area contributed by atoms with Gasteiger partial charge in [-0.15, -0.1) is 0 Å². The number of carbonyl (C=O) groups excluding carboxylic acids is 3. The number of methoxy groups -OCH3 is 3. The second-order valence-corrected chi connectivity index (χ2v) is 7.51. The van der Waals surface area contributed by atoms with E-state index in [0.717, 1.165) is 11.1 Å². The number of hydrogen-bond acceptors (Lipinski definition) is 7. The SMILES string of the molecule is COC(=O)CC[C@H]1[C@@H](NC(=O)OCc2ccccc2)C(=O)N1Cc1ccc(OC)cc1OC. The molecule has 2 aromatic rings. The highest BCUT2D eigenvalue weighted by Crippen LogP contribution is 2.31. The zero-order valence-electron chi connectivity index (χ0n) is 18.9. The fourth-order valence-electron chi connectivity index (χ4n) is 3.71. The molecule has 0 saturated carbocycles. The molecule has 2 amide bonds. The van der Waals surface area contributed by atoms with Crippen LogP contribution in [0.4, 0.5) is 4.79 Å². The number of β-lactam (4-membered cyclic amide) rings is 1. The van der Waals surface area contributed by atoms with Gasteiger partial charge in [0.2, 0.25) is 5.91 Å². The van der Waals surface area contributed by atoms with Crippen LogP contribution in [0.3, 0.4) is 0 Å². The summed E-state index contributed by atoms with van der Waals surface area (Å²) in [5, 5.41) is 2.64. The van der Waals surface area contributed by atoms with E-state index in [0.29, 0.717) is 17.9 Å². The smallest absolute Gasteiger partial charge is 0.408 e. The van der Waals surface area contributed by atoms with Crippen molar-refractivity contribution in [3.05, 3.63) is 59.7 Å². The Hall–Kier alpha value is -3.75. The van der Waals surface area contributed by atoms with E-state index in [1.165, 1.54) is 14.2 Å². The first-order valence-electron chi connectivity index (χ1n) is 10.5. The van der Waals surface area contributed by atoms with Crippen LogP contribution >= 0.6 is 0 Å². The molecule has 0 spiro atoms. The number of ether oxygens (including phenoxy) is 4. The van der Waals surface area contributed by atoms with Crippen molar-refractivity contribution in [3.63, 3.8) is 0 Å². The van der Waals surface area contributed by atoms with Crippen LogP contribution in [0.25, 0.3) is 0 Å². The summed E-state index contributed by atoms with van der Waals surface area (Å²) in [5.74, 6) is 0.558. The Morgan fingerprint density at radius 1 is 1.03 bits per heavy atom. The monoisotopic (exact) mass is 456 g/mol. The summed E-state index contributed by atoms with van der Waals surface area (Å²) in [6.07, 6.45) is -0.246. The average Bonchev–Trinajstić information content (AvgIpc) is 2.86. The molecular formula is C24H28N2O7. The minimum absolute atomic E-state index is 0.0904. The number of likely N-dealkylation sites (tertiary alicyclic amines) is 1. The third-order valence-electron chi connectivity index (χ3n) is 5.53. The van der Waals surface area contributed by atoms with Gasteiger partial charge in [0, 0.05) is 24.6 Å². The van der Waals surface area contributed by atoms with Gasteiger partial charge in [-0.25, -0.2) is 4.79 Å². The largest absolute Gasteiger partial charge is 0.497 e. The molecule has 0 aromatic heterocycles. The van der Waals surface area contributed by atoms with Crippen LogP contribution in [0.2, 0.25) is 0 Å². The van der Waals surface area contributed by atoms with E-state index in [4.69, 9.17) is 18.9 Å². The number of esters is 1. The van der Waals surface area contributed by atoms with Crippen LogP contribution in [-0.2, 0) is 32.2 Å². The minimum Gasteiger partial charge on any atom is -0.497 e. The summed E-state index contributed by atoms with van der Waals surface area (Å²) < 4.78 is 20.6. The van der Waals surface area contributed by atoms with Crippen molar-refractivity contribution in [2.75, 3.05) is 21.3 Å². The van der Waals surface area contributed by atoms with Crippen LogP contribution < -0.4 is 14.8 Å². The summed E-state index contributed by atoms with van der Waals surface area (Å²) in [5.41, 5.74) is 1.61. The molecule has 1 N–H and O–H groups in total. The Kier molecular flexibility index (Phi) is 8.12. The molecule has 1 heterocycles. The van der Waals surface area contributed by atoms with Crippen LogP contribution in [0, 0.1) is 0 Å². The molecule has 1 saturated heterocycles. The molecule has 2 aromatic carbocycles. The van der Waals surface area contributed by atoms with Crippen molar-refractivity contribution < 1.29 is 33.3 Å². The molecule has 2 atom stereocenters. The van der Waals surface area contributed by atoms with Crippen LogP contribution in [-0.4, -0.2) is 56.3 Å². The normalized spacial score (nSPS) is 17.1. The van der Waals surface area contributed by atoms with Crippen molar-refractivity contribution in [3.8, 4) is 11.5 Å². The molecule has 0 radical (unpaired) electrons. The maximum Gasteiger partial charge on any atom is 0.408 e. The van der Waals surface area contributed by atoms with Crippen molar-refractivity contribution in [1.82, 2.24) is 10.2 Å². The Morgan fingerprint density at radius 2 is 1.79 bits per heavy atom. The van der Waals surface area contributed by atoms with Gasteiger partial charge in [-0.3, -0.25) is 9.59 Å². The molecule has 176 valence electrons. The van der Waals surface area contributed by atoms with E-state index >= 15 is 0 Å². The third-order valence-corrected chi connectivity index (χ3v) is 5.53. The molecular weight excluding hydrogens is 428 g/mol.